The number of anilines is 1. The molecule has 0 bridgehead atoms. The molecule has 1 fully saturated rings. The number of nitrogens with two attached hydrogens (primary N) is 1. The number of aliphatic carboxylic acids is 1. The summed E-state index contributed by atoms with van der Waals surface area (Å²) in [6, 6.07) is 5.69. The molecule has 1 aromatic carbocycles. The fourth-order valence-electron chi connectivity index (χ4n) is 2.84. The van der Waals surface area contributed by atoms with Gasteiger partial charge in [-0.2, -0.15) is 0 Å². The minimum atomic E-state index is -0.756. The second-order valence-corrected chi connectivity index (χ2v) is 5.04. The first kappa shape index (κ1) is 12.0. The van der Waals surface area contributed by atoms with Gasteiger partial charge in [-0.1, -0.05) is 37.0 Å². The lowest BCUT2D eigenvalue weighted by atomic mass is 9.68. The molecule has 1 aliphatic rings. The zero-order chi connectivity index (χ0) is 12.5. The number of nitrogen functional groups attached to an aromatic ring is 1. The van der Waals surface area contributed by atoms with Crippen molar-refractivity contribution in [2.75, 3.05) is 5.73 Å². The third-order valence-electron chi connectivity index (χ3n) is 3.84. The van der Waals surface area contributed by atoms with E-state index in [1.54, 1.807) is 0 Å². The molecule has 17 heavy (non-hydrogen) atoms. The Bertz CT molecular complexity index is 434. The van der Waals surface area contributed by atoms with E-state index in [1.807, 2.05) is 25.1 Å². The molecule has 3 heteroatoms. The highest BCUT2D eigenvalue weighted by Gasteiger charge is 2.42. The molecule has 92 valence electrons. The molecule has 1 aromatic rings. The van der Waals surface area contributed by atoms with E-state index in [9.17, 15) is 9.90 Å². The van der Waals surface area contributed by atoms with E-state index in [0.29, 0.717) is 18.5 Å². The first-order valence-corrected chi connectivity index (χ1v) is 6.16. The number of rotatable bonds is 2. The highest BCUT2D eigenvalue weighted by molar-refractivity contribution is 5.84. The maximum Gasteiger partial charge on any atom is 0.314 e. The highest BCUT2D eigenvalue weighted by Crippen LogP contribution is 2.42. The fourth-order valence-corrected chi connectivity index (χ4v) is 2.84. The molecular formula is C14H19NO2. The number of benzene rings is 1. The molecule has 0 radical (unpaired) electrons. The molecule has 0 heterocycles. The van der Waals surface area contributed by atoms with E-state index in [1.165, 1.54) is 0 Å². The number of hydrogen-bond donors (Lipinski definition) is 2. The van der Waals surface area contributed by atoms with Gasteiger partial charge in [0, 0.05) is 5.69 Å². The Kier molecular flexibility index (Phi) is 3.09. The van der Waals surface area contributed by atoms with Gasteiger partial charge in [0.15, 0.2) is 0 Å². The van der Waals surface area contributed by atoms with Gasteiger partial charge in [-0.05, 0) is 31.4 Å². The summed E-state index contributed by atoms with van der Waals surface area (Å²) in [6.45, 7) is 1.97. The van der Waals surface area contributed by atoms with Crippen molar-refractivity contribution in [1.82, 2.24) is 0 Å². The van der Waals surface area contributed by atoms with Gasteiger partial charge in [-0.3, -0.25) is 4.79 Å². The molecule has 0 aromatic heterocycles. The predicted molar refractivity (Wildman–Crippen MR) is 68.0 cm³/mol. The van der Waals surface area contributed by atoms with E-state index in [-0.39, 0.29) is 0 Å². The van der Waals surface area contributed by atoms with Crippen LogP contribution in [0.2, 0.25) is 0 Å². The van der Waals surface area contributed by atoms with Crippen molar-refractivity contribution in [2.45, 2.75) is 44.4 Å². The Morgan fingerprint density at radius 3 is 2.53 bits per heavy atom. The van der Waals surface area contributed by atoms with Crippen molar-refractivity contribution in [3.05, 3.63) is 29.3 Å². The van der Waals surface area contributed by atoms with Crippen LogP contribution < -0.4 is 5.73 Å². The Morgan fingerprint density at radius 2 is 1.94 bits per heavy atom. The van der Waals surface area contributed by atoms with E-state index in [4.69, 9.17) is 5.73 Å². The summed E-state index contributed by atoms with van der Waals surface area (Å²) in [5.74, 6) is -0.727. The molecule has 0 unspecified atom stereocenters. The van der Waals surface area contributed by atoms with Crippen LogP contribution in [0.25, 0.3) is 0 Å². The largest absolute Gasteiger partial charge is 0.481 e. The lowest BCUT2D eigenvalue weighted by molar-refractivity contribution is -0.145. The molecule has 0 atom stereocenters. The maximum atomic E-state index is 11.7. The summed E-state index contributed by atoms with van der Waals surface area (Å²) >= 11 is 0. The van der Waals surface area contributed by atoms with Gasteiger partial charge >= 0.3 is 5.97 Å². The monoisotopic (exact) mass is 233 g/mol. The summed E-state index contributed by atoms with van der Waals surface area (Å²) in [7, 11) is 0. The van der Waals surface area contributed by atoms with Crippen LogP contribution in [0.4, 0.5) is 5.69 Å². The standard InChI is InChI=1S/C14H19NO2/c1-10-5-6-12(15)11(9-10)14(13(16)17)7-3-2-4-8-14/h5-6,9H,2-4,7-8,15H2,1H3,(H,16,17). The number of carbonyl (C=O) groups is 1. The van der Waals surface area contributed by atoms with Gasteiger partial charge < -0.3 is 10.8 Å². The zero-order valence-electron chi connectivity index (χ0n) is 10.2. The number of hydrogen-bond acceptors (Lipinski definition) is 2. The average molecular weight is 233 g/mol. The van der Waals surface area contributed by atoms with E-state index < -0.39 is 11.4 Å². The first-order valence-electron chi connectivity index (χ1n) is 6.16. The highest BCUT2D eigenvalue weighted by atomic mass is 16.4. The Labute approximate surface area is 102 Å². The Balaban J connectivity index is 2.52. The Morgan fingerprint density at radius 1 is 1.29 bits per heavy atom. The van der Waals surface area contributed by atoms with Crippen molar-refractivity contribution in [3.8, 4) is 0 Å². The van der Waals surface area contributed by atoms with Crippen LogP contribution in [0.15, 0.2) is 18.2 Å². The smallest absolute Gasteiger partial charge is 0.314 e. The van der Waals surface area contributed by atoms with Crippen molar-refractivity contribution < 1.29 is 9.90 Å². The molecule has 1 saturated carbocycles. The topological polar surface area (TPSA) is 63.3 Å². The molecule has 2 rings (SSSR count). The summed E-state index contributed by atoms with van der Waals surface area (Å²) in [5.41, 5.74) is 7.72. The molecule has 0 aliphatic heterocycles. The van der Waals surface area contributed by atoms with Crippen molar-refractivity contribution in [3.63, 3.8) is 0 Å². The molecule has 3 N–H and O–H groups in total. The van der Waals surface area contributed by atoms with Gasteiger partial charge in [-0.15, -0.1) is 0 Å². The van der Waals surface area contributed by atoms with Gasteiger partial charge in [0.25, 0.3) is 0 Å². The number of carboxylic acids is 1. The normalized spacial score (nSPS) is 18.9. The SMILES string of the molecule is Cc1ccc(N)c(C2(C(=O)O)CCCCC2)c1. The third kappa shape index (κ3) is 2.02. The van der Waals surface area contributed by atoms with E-state index in [0.717, 1.165) is 30.4 Å². The fraction of sp³-hybridized carbons (Fsp3) is 0.500. The van der Waals surface area contributed by atoms with Crippen LogP contribution in [0.1, 0.15) is 43.2 Å². The minimum Gasteiger partial charge on any atom is -0.481 e. The van der Waals surface area contributed by atoms with Crippen LogP contribution in [0, 0.1) is 6.92 Å². The first-order chi connectivity index (χ1) is 8.06. The molecule has 0 saturated heterocycles. The molecular weight excluding hydrogens is 214 g/mol. The third-order valence-corrected chi connectivity index (χ3v) is 3.84. The van der Waals surface area contributed by atoms with Crippen molar-refractivity contribution >= 4 is 11.7 Å². The quantitative estimate of drug-likeness (QED) is 0.772. The Hall–Kier alpha value is -1.51. The lowest BCUT2D eigenvalue weighted by Gasteiger charge is -2.34. The van der Waals surface area contributed by atoms with Gasteiger partial charge in [0.1, 0.15) is 0 Å². The van der Waals surface area contributed by atoms with Gasteiger partial charge in [0.05, 0.1) is 5.41 Å². The van der Waals surface area contributed by atoms with Crippen LogP contribution >= 0.6 is 0 Å². The second-order valence-electron chi connectivity index (χ2n) is 5.04. The second kappa shape index (κ2) is 4.40. The molecule has 0 spiro atoms. The van der Waals surface area contributed by atoms with E-state index >= 15 is 0 Å². The summed E-state index contributed by atoms with van der Waals surface area (Å²) in [4.78, 5) is 11.7. The summed E-state index contributed by atoms with van der Waals surface area (Å²) in [5, 5.41) is 9.60. The molecule has 0 amide bonds. The van der Waals surface area contributed by atoms with Crippen LogP contribution in [0.5, 0.6) is 0 Å². The number of aryl methyl sites for hydroxylation is 1. The molecule has 1 aliphatic carbocycles. The van der Waals surface area contributed by atoms with Crippen LogP contribution in [-0.2, 0) is 10.2 Å². The predicted octanol–water partition coefficient (Wildman–Crippen LogP) is 2.86. The van der Waals surface area contributed by atoms with E-state index in [2.05, 4.69) is 0 Å². The summed E-state index contributed by atoms with van der Waals surface area (Å²) < 4.78 is 0. The van der Waals surface area contributed by atoms with Crippen LogP contribution in [-0.4, -0.2) is 11.1 Å². The van der Waals surface area contributed by atoms with Gasteiger partial charge in [-0.25, -0.2) is 0 Å². The minimum absolute atomic E-state index is 0.611. The van der Waals surface area contributed by atoms with Gasteiger partial charge in [0.2, 0.25) is 0 Å². The maximum absolute atomic E-state index is 11.7. The van der Waals surface area contributed by atoms with Crippen LogP contribution in [0.3, 0.4) is 0 Å². The number of carboxylic acid groups (broad SMARTS) is 1. The lowest BCUT2D eigenvalue weighted by Crippen LogP contribution is -2.38. The van der Waals surface area contributed by atoms with Crippen molar-refractivity contribution in [2.24, 2.45) is 0 Å². The van der Waals surface area contributed by atoms with Crippen molar-refractivity contribution in [1.29, 1.82) is 0 Å². The zero-order valence-corrected chi connectivity index (χ0v) is 10.2. The summed E-state index contributed by atoms with van der Waals surface area (Å²) in [6.07, 6.45) is 4.48. The molecule has 3 nitrogen and oxygen atoms in total. The average Bonchev–Trinajstić information content (AvgIpc) is 2.33.